The van der Waals surface area contributed by atoms with Crippen LogP contribution < -0.4 is 4.74 Å². The Morgan fingerprint density at radius 1 is 1.36 bits per heavy atom. The summed E-state index contributed by atoms with van der Waals surface area (Å²) in [6.07, 6.45) is 1.78. The van der Waals surface area contributed by atoms with Crippen molar-refractivity contribution in [1.29, 1.82) is 0 Å². The van der Waals surface area contributed by atoms with Gasteiger partial charge < -0.3 is 4.74 Å². The van der Waals surface area contributed by atoms with Crippen molar-refractivity contribution in [3.05, 3.63) is 40.7 Å². The van der Waals surface area contributed by atoms with Gasteiger partial charge in [-0.25, -0.2) is 0 Å². The first kappa shape index (κ1) is 11.3. The number of halogens is 1. The third-order valence-corrected chi connectivity index (χ3v) is 3.15. The summed E-state index contributed by atoms with van der Waals surface area (Å²) in [7, 11) is -0.666. The van der Waals surface area contributed by atoms with Gasteiger partial charge in [0.2, 0.25) is 0 Å². The molecule has 0 saturated heterocycles. The van der Waals surface area contributed by atoms with Crippen molar-refractivity contribution in [2.24, 2.45) is 0 Å². The second-order valence-corrected chi connectivity index (χ2v) is 6.88. The fraction of sp³-hybridized carbons (Fsp3) is 0.273. The first-order valence-corrected chi connectivity index (χ1v) is 8.04. The fourth-order valence-electron chi connectivity index (χ4n) is 0.965. The molecule has 0 aromatic heterocycles. The summed E-state index contributed by atoms with van der Waals surface area (Å²) in [5.41, 5.74) is 3.18. The largest absolute Gasteiger partial charge is 0.466 e. The van der Waals surface area contributed by atoms with Crippen molar-refractivity contribution in [2.45, 2.75) is 20.0 Å². The summed E-state index contributed by atoms with van der Waals surface area (Å²) in [6, 6.07) is 5.67. The van der Waals surface area contributed by atoms with E-state index in [4.69, 9.17) is 16.3 Å². The molecule has 0 atom stereocenters. The van der Waals surface area contributed by atoms with Crippen molar-refractivity contribution in [2.75, 3.05) is 0 Å². The Hall–Kier alpha value is -0.733. The second kappa shape index (κ2) is 5.22. The summed E-state index contributed by atoms with van der Waals surface area (Å²) in [5, 5.41) is 0.777. The molecule has 0 spiro atoms. The van der Waals surface area contributed by atoms with Gasteiger partial charge in [-0.2, -0.15) is 0 Å². The topological polar surface area (TPSA) is 9.23 Å². The van der Waals surface area contributed by atoms with Gasteiger partial charge in [0.25, 0.3) is 0 Å². The van der Waals surface area contributed by atoms with Gasteiger partial charge in [0.1, 0.15) is 5.75 Å². The Morgan fingerprint density at radius 2 is 2.07 bits per heavy atom. The molecule has 0 amide bonds. The Kier molecular flexibility index (Phi) is 4.23. The average Bonchev–Trinajstić information content (AvgIpc) is 2.10. The van der Waals surface area contributed by atoms with E-state index in [-0.39, 0.29) is 0 Å². The molecule has 0 fully saturated rings. The third kappa shape index (κ3) is 3.56. The predicted octanol–water partition coefficient (Wildman–Crippen LogP) is 3.57. The van der Waals surface area contributed by atoms with Crippen LogP contribution in [0.2, 0.25) is 18.1 Å². The van der Waals surface area contributed by atoms with Crippen LogP contribution in [-0.4, -0.2) is 8.80 Å². The summed E-state index contributed by atoms with van der Waals surface area (Å²) in [5.74, 6) is 0.845. The maximum absolute atomic E-state index is 5.90. The Balaban J connectivity index is 2.64. The number of rotatable bonds is 3. The minimum absolute atomic E-state index is 0.666. The molecule has 1 aromatic rings. The molecule has 1 aromatic carbocycles. The predicted molar refractivity (Wildman–Crippen MR) is 64.8 cm³/mol. The quantitative estimate of drug-likeness (QED) is 0.566. The van der Waals surface area contributed by atoms with E-state index in [0.717, 1.165) is 16.3 Å². The smallest absolute Gasteiger partial charge is 0.126 e. The zero-order valence-electron chi connectivity index (χ0n) is 8.75. The SMILES string of the molecule is Cc1cc(OC=C[SiH](C)C)ccc1Cl. The average molecular weight is 227 g/mol. The molecule has 1 rings (SSSR count). The molecule has 0 heterocycles. The maximum Gasteiger partial charge on any atom is 0.126 e. The van der Waals surface area contributed by atoms with Gasteiger partial charge in [0.15, 0.2) is 0 Å². The summed E-state index contributed by atoms with van der Waals surface area (Å²) >= 11 is 5.90. The van der Waals surface area contributed by atoms with E-state index >= 15 is 0 Å². The van der Waals surface area contributed by atoms with Crippen LogP contribution in [-0.2, 0) is 0 Å². The Labute approximate surface area is 92.0 Å². The van der Waals surface area contributed by atoms with E-state index in [1.54, 1.807) is 6.26 Å². The van der Waals surface area contributed by atoms with Crippen LogP contribution in [0.1, 0.15) is 5.56 Å². The van der Waals surface area contributed by atoms with Crippen molar-refractivity contribution < 1.29 is 4.74 Å². The van der Waals surface area contributed by atoms with Crippen molar-refractivity contribution in [3.63, 3.8) is 0 Å². The van der Waals surface area contributed by atoms with E-state index in [1.807, 2.05) is 25.1 Å². The normalized spacial score (nSPS) is 11.2. The number of benzene rings is 1. The zero-order chi connectivity index (χ0) is 10.6. The summed E-state index contributed by atoms with van der Waals surface area (Å²) in [6.45, 7) is 6.45. The van der Waals surface area contributed by atoms with Gasteiger partial charge in [-0.05, 0) is 30.7 Å². The third-order valence-electron chi connectivity index (χ3n) is 1.80. The van der Waals surface area contributed by atoms with Crippen molar-refractivity contribution >= 4 is 20.4 Å². The Morgan fingerprint density at radius 3 is 2.64 bits per heavy atom. The molecule has 0 aliphatic rings. The molecule has 0 N–H and O–H groups in total. The lowest BCUT2D eigenvalue weighted by Gasteiger charge is -2.03. The highest BCUT2D eigenvalue weighted by Crippen LogP contribution is 2.21. The molecule has 0 bridgehead atoms. The van der Waals surface area contributed by atoms with Gasteiger partial charge >= 0.3 is 0 Å². The molecule has 76 valence electrons. The monoisotopic (exact) mass is 226 g/mol. The lowest BCUT2D eigenvalue weighted by molar-refractivity contribution is 0.482. The van der Waals surface area contributed by atoms with Gasteiger partial charge in [-0.15, -0.1) is 0 Å². The highest BCUT2D eigenvalue weighted by Gasteiger charge is 1.96. The molecule has 0 saturated carbocycles. The molecular weight excluding hydrogens is 212 g/mol. The van der Waals surface area contributed by atoms with E-state index in [1.165, 1.54) is 0 Å². The van der Waals surface area contributed by atoms with E-state index < -0.39 is 8.80 Å². The van der Waals surface area contributed by atoms with E-state index in [0.29, 0.717) is 0 Å². The van der Waals surface area contributed by atoms with Gasteiger partial charge in [-0.1, -0.05) is 30.4 Å². The lowest BCUT2D eigenvalue weighted by atomic mass is 10.2. The minimum Gasteiger partial charge on any atom is -0.466 e. The minimum atomic E-state index is -0.666. The number of aryl methyl sites for hydroxylation is 1. The van der Waals surface area contributed by atoms with Crippen molar-refractivity contribution in [1.82, 2.24) is 0 Å². The Bertz CT molecular complexity index is 334. The van der Waals surface area contributed by atoms with Crippen LogP contribution in [0, 0.1) is 6.92 Å². The van der Waals surface area contributed by atoms with E-state index in [9.17, 15) is 0 Å². The van der Waals surface area contributed by atoms with Crippen LogP contribution in [0.25, 0.3) is 0 Å². The first-order valence-electron chi connectivity index (χ1n) is 4.69. The van der Waals surface area contributed by atoms with Crippen LogP contribution in [0.3, 0.4) is 0 Å². The zero-order valence-corrected chi connectivity index (χ0v) is 10.7. The van der Waals surface area contributed by atoms with E-state index in [2.05, 4.69) is 18.8 Å². The van der Waals surface area contributed by atoms with Crippen LogP contribution in [0.4, 0.5) is 0 Å². The summed E-state index contributed by atoms with van der Waals surface area (Å²) in [4.78, 5) is 0. The molecule has 0 aliphatic heterocycles. The molecule has 1 nitrogen and oxygen atoms in total. The molecule has 0 aliphatic carbocycles. The van der Waals surface area contributed by atoms with Gasteiger partial charge in [-0.3, -0.25) is 0 Å². The van der Waals surface area contributed by atoms with Crippen LogP contribution in [0.15, 0.2) is 30.2 Å². The maximum atomic E-state index is 5.90. The molecule has 3 heteroatoms. The molecule has 14 heavy (non-hydrogen) atoms. The molecular formula is C11H15ClOSi. The van der Waals surface area contributed by atoms with Crippen LogP contribution >= 0.6 is 11.6 Å². The lowest BCUT2D eigenvalue weighted by Crippen LogP contribution is -1.94. The van der Waals surface area contributed by atoms with Crippen molar-refractivity contribution in [3.8, 4) is 5.75 Å². The number of ether oxygens (including phenoxy) is 1. The fourth-order valence-corrected chi connectivity index (χ4v) is 1.48. The second-order valence-electron chi connectivity index (χ2n) is 3.60. The number of hydrogen-bond acceptors (Lipinski definition) is 1. The summed E-state index contributed by atoms with van der Waals surface area (Å²) < 4.78 is 5.45. The highest BCUT2D eigenvalue weighted by atomic mass is 35.5. The van der Waals surface area contributed by atoms with Gasteiger partial charge in [0, 0.05) is 5.02 Å². The molecule has 0 unspecified atom stereocenters. The van der Waals surface area contributed by atoms with Gasteiger partial charge in [0.05, 0.1) is 15.1 Å². The molecule has 0 radical (unpaired) electrons. The highest BCUT2D eigenvalue weighted by molar-refractivity contribution is 6.61. The number of hydrogen-bond donors (Lipinski definition) is 0. The first-order chi connectivity index (χ1) is 6.59. The van der Waals surface area contributed by atoms with Crippen LogP contribution in [0.5, 0.6) is 5.75 Å². The standard InChI is InChI=1S/C11H15ClOSi/c1-9-8-10(4-5-11(9)12)13-6-7-14(2)3/h4-8,14H,1-3H3.